The molecule has 2 N–H and O–H groups in total. The maximum absolute atomic E-state index is 13.4. The molecule has 0 aliphatic carbocycles. The van der Waals surface area contributed by atoms with Crippen LogP contribution in [-0.2, 0) is 21.4 Å². The van der Waals surface area contributed by atoms with Crippen LogP contribution in [0, 0.1) is 0 Å². The first kappa shape index (κ1) is 24.5. The van der Waals surface area contributed by atoms with Crippen LogP contribution in [-0.4, -0.2) is 54.3 Å². The van der Waals surface area contributed by atoms with Crippen LogP contribution in [0.3, 0.4) is 0 Å². The first-order chi connectivity index (χ1) is 16.6. The summed E-state index contributed by atoms with van der Waals surface area (Å²) < 4.78 is 0. The largest absolute Gasteiger partial charge is 0.355 e. The number of nitrogens with one attached hydrogen (secondary N) is 2. The Kier molecular flexibility index (Phi) is 6.96. The summed E-state index contributed by atoms with van der Waals surface area (Å²) >= 11 is 0. The number of hydrogen-bond donors (Lipinski definition) is 2. The number of carbonyl (C=O) groups excluding carboxylic acids is 3. The number of urea groups is 1. The minimum atomic E-state index is -0.533. The summed E-state index contributed by atoms with van der Waals surface area (Å²) in [5, 5.41) is 5.87. The van der Waals surface area contributed by atoms with Crippen molar-refractivity contribution in [1.29, 1.82) is 0 Å². The van der Waals surface area contributed by atoms with Gasteiger partial charge < -0.3 is 15.5 Å². The van der Waals surface area contributed by atoms with E-state index in [0.717, 1.165) is 18.4 Å². The summed E-state index contributed by atoms with van der Waals surface area (Å²) in [6.45, 7) is 7.19. The van der Waals surface area contributed by atoms with Crippen LogP contribution in [0.1, 0.15) is 49.9 Å². The molecule has 35 heavy (non-hydrogen) atoms. The average molecular weight is 475 g/mol. The molecule has 0 saturated carbocycles. The standard InChI is InChI=1S/C28H34N4O3/c1-28(2,3)21-14-12-20(13-15-21)25-24-22(31(4)27(35)30-25)17-32(26(24)34)18-23(33)29-16-8-11-19-9-6-5-7-10-19/h5-7,9-10,12-15,25H,8,11,16-18H2,1-4H3,(H,29,33)(H,30,35)/t25-/m1/s1. The van der Waals surface area contributed by atoms with Gasteiger partial charge in [-0.3, -0.25) is 14.5 Å². The Balaban J connectivity index is 1.40. The van der Waals surface area contributed by atoms with E-state index >= 15 is 0 Å². The molecule has 7 nitrogen and oxygen atoms in total. The first-order valence-electron chi connectivity index (χ1n) is 12.1. The molecule has 0 unspecified atom stereocenters. The third-order valence-corrected chi connectivity index (χ3v) is 6.69. The van der Waals surface area contributed by atoms with E-state index in [1.807, 2.05) is 42.5 Å². The summed E-state index contributed by atoms with van der Waals surface area (Å²) in [7, 11) is 1.66. The minimum absolute atomic E-state index is 0.00736. The van der Waals surface area contributed by atoms with Crippen molar-refractivity contribution >= 4 is 17.8 Å². The van der Waals surface area contributed by atoms with Crippen LogP contribution >= 0.6 is 0 Å². The van der Waals surface area contributed by atoms with E-state index in [4.69, 9.17) is 0 Å². The van der Waals surface area contributed by atoms with E-state index in [-0.39, 0.29) is 36.3 Å². The number of likely N-dealkylation sites (N-methyl/N-ethyl adjacent to an activating group) is 1. The van der Waals surface area contributed by atoms with Crippen molar-refractivity contribution in [2.75, 3.05) is 26.7 Å². The van der Waals surface area contributed by atoms with Gasteiger partial charge in [0.2, 0.25) is 5.91 Å². The lowest BCUT2D eigenvalue weighted by atomic mass is 9.85. The molecule has 2 aromatic rings. The highest BCUT2D eigenvalue weighted by atomic mass is 16.2. The van der Waals surface area contributed by atoms with Crippen molar-refractivity contribution in [3.8, 4) is 0 Å². The molecule has 0 spiro atoms. The van der Waals surface area contributed by atoms with Gasteiger partial charge in [0.1, 0.15) is 6.54 Å². The second-order valence-corrected chi connectivity index (χ2v) is 10.3. The molecule has 2 aliphatic rings. The lowest BCUT2D eigenvalue weighted by Gasteiger charge is -2.31. The topological polar surface area (TPSA) is 81.8 Å². The second kappa shape index (κ2) is 9.94. The zero-order chi connectivity index (χ0) is 25.2. The van der Waals surface area contributed by atoms with Crippen LogP contribution < -0.4 is 10.6 Å². The van der Waals surface area contributed by atoms with Gasteiger partial charge in [-0.1, -0.05) is 75.4 Å². The summed E-state index contributed by atoms with van der Waals surface area (Å²) in [5.41, 5.74) is 4.46. The fraction of sp³-hybridized carbons (Fsp3) is 0.393. The molecule has 2 heterocycles. The predicted molar refractivity (Wildman–Crippen MR) is 136 cm³/mol. The van der Waals surface area contributed by atoms with Crippen LogP contribution in [0.25, 0.3) is 0 Å². The molecule has 2 aromatic carbocycles. The SMILES string of the molecule is CN1C(=O)N[C@H](c2ccc(C(C)(C)C)cc2)C2=C1CN(CC(=O)NCCCc1ccccc1)C2=O. The van der Waals surface area contributed by atoms with Gasteiger partial charge in [-0.05, 0) is 34.9 Å². The van der Waals surface area contributed by atoms with Crippen molar-refractivity contribution in [1.82, 2.24) is 20.4 Å². The van der Waals surface area contributed by atoms with Gasteiger partial charge in [-0.25, -0.2) is 4.79 Å². The molecule has 4 amide bonds. The number of amides is 4. The Hall–Kier alpha value is -3.61. The number of aryl methyl sites for hydroxylation is 1. The molecule has 0 aromatic heterocycles. The normalized spacial score (nSPS) is 18.0. The smallest absolute Gasteiger partial charge is 0.322 e. The summed E-state index contributed by atoms with van der Waals surface area (Å²) in [6.07, 6.45) is 1.71. The Labute approximate surface area is 207 Å². The van der Waals surface area contributed by atoms with Gasteiger partial charge in [0, 0.05) is 13.6 Å². The van der Waals surface area contributed by atoms with E-state index in [1.165, 1.54) is 20.9 Å². The predicted octanol–water partition coefficient (Wildman–Crippen LogP) is 3.53. The lowest BCUT2D eigenvalue weighted by molar-refractivity contribution is -0.131. The molecule has 1 atom stereocenters. The summed E-state index contributed by atoms with van der Waals surface area (Å²) in [4.78, 5) is 41.6. The third-order valence-electron chi connectivity index (χ3n) is 6.69. The quantitative estimate of drug-likeness (QED) is 0.603. The Morgan fingerprint density at radius 2 is 1.74 bits per heavy atom. The van der Waals surface area contributed by atoms with Gasteiger partial charge in [0.25, 0.3) is 5.91 Å². The van der Waals surface area contributed by atoms with Gasteiger partial charge in [-0.15, -0.1) is 0 Å². The number of rotatable bonds is 7. The molecular formula is C28H34N4O3. The second-order valence-electron chi connectivity index (χ2n) is 10.3. The molecule has 2 aliphatic heterocycles. The maximum atomic E-state index is 13.4. The fourth-order valence-corrected chi connectivity index (χ4v) is 4.57. The Bertz CT molecular complexity index is 1130. The average Bonchev–Trinajstić information content (AvgIpc) is 3.15. The Morgan fingerprint density at radius 1 is 1.06 bits per heavy atom. The van der Waals surface area contributed by atoms with Crippen molar-refractivity contribution in [3.05, 3.63) is 82.6 Å². The molecule has 184 valence electrons. The number of hydrogen-bond acceptors (Lipinski definition) is 3. The van der Waals surface area contributed by atoms with Gasteiger partial charge >= 0.3 is 6.03 Å². The van der Waals surface area contributed by atoms with Gasteiger partial charge in [0.05, 0.1) is 23.9 Å². The molecule has 4 rings (SSSR count). The van der Waals surface area contributed by atoms with Crippen molar-refractivity contribution in [3.63, 3.8) is 0 Å². The van der Waals surface area contributed by atoms with Crippen LogP contribution in [0.2, 0.25) is 0 Å². The zero-order valence-corrected chi connectivity index (χ0v) is 20.9. The van der Waals surface area contributed by atoms with E-state index in [1.54, 1.807) is 7.05 Å². The van der Waals surface area contributed by atoms with E-state index in [2.05, 4.69) is 43.5 Å². The number of nitrogens with zero attached hydrogens (tertiary/aromatic N) is 2. The van der Waals surface area contributed by atoms with E-state index < -0.39 is 6.04 Å². The fourth-order valence-electron chi connectivity index (χ4n) is 4.57. The lowest BCUT2D eigenvalue weighted by Crippen LogP contribution is -2.45. The van der Waals surface area contributed by atoms with E-state index in [9.17, 15) is 14.4 Å². The Morgan fingerprint density at radius 3 is 2.40 bits per heavy atom. The van der Waals surface area contributed by atoms with Crippen molar-refractivity contribution in [2.45, 2.75) is 45.1 Å². The highest BCUT2D eigenvalue weighted by molar-refractivity contribution is 6.02. The highest BCUT2D eigenvalue weighted by Gasteiger charge is 2.43. The van der Waals surface area contributed by atoms with Gasteiger partial charge in [0.15, 0.2) is 0 Å². The molecule has 0 radical (unpaired) electrons. The van der Waals surface area contributed by atoms with E-state index in [0.29, 0.717) is 17.8 Å². The molecule has 0 bridgehead atoms. The summed E-state index contributed by atoms with van der Waals surface area (Å²) in [6, 6.07) is 17.4. The summed E-state index contributed by atoms with van der Waals surface area (Å²) in [5.74, 6) is -0.407. The van der Waals surface area contributed by atoms with Crippen LogP contribution in [0.4, 0.5) is 4.79 Å². The molecule has 0 saturated heterocycles. The highest BCUT2D eigenvalue weighted by Crippen LogP contribution is 2.36. The first-order valence-corrected chi connectivity index (χ1v) is 12.1. The third kappa shape index (κ3) is 5.39. The monoisotopic (exact) mass is 474 g/mol. The number of carbonyl (C=O) groups is 3. The van der Waals surface area contributed by atoms with Crippen molar-refractivity contribution in [2.24, 2.45) is 0 Å². The molecule has 0 fully saturated rings. The molecular weight excluding hydrogens is 440 g/mol. The molecule has 7 heteroatoms. The van der Waals surface area contributed by atoms with Crippen LogP contribution in [0.5, 0.6) is 0 Å². The number of benzene rings is 2. The van der Waals surface area contributed by atoms with Crippen LogP contribution in [0.15, 0.2) is 65.9 Å². The van der Waals surface area contributed by atoms with Gasteiger partial charge in [-0.2, -0.15) is 0 Å². The maximum Gasteiger partial charge on any atom is 0.322 e. The zero-order valence-electron chi connectivity index (χ0n) is 20.9. The van der Waals surface area contributed by atoms with Crippen molar-refractivity contribution < 1.29 is 14.4 Å². The minimum Gasteiger partial charge on any atom is -0.355 e.